The van der Waals surface area contributed by atoms with E-state index in [4.69, 9.17) is 5.11 Å². The Hall–Kier alpha value is -2.81. The summed E-state index contributed by atoms with van der Waals surface area (Å²) in [6, 6.07) is 5.91. The summed E-state index contributed by atoms with van der Waals surface area (Å²) in [6.45, 7) is 6.88. The molecule has 6 heteroatoms. The third kappa shape index (κ3) is 4.60. The Labute approximate surface area is 147 Å². The molecule has 1 saturated heterocycles. The number of nitrogens with one attached hydrogen (secondary N) is 1. The number of carbonyl (C=O) groups is 2. The van der Waals surface area contributed by atoms with Crippen LogP contribution in [-0.4, -0.2) is 35.0 Å². The molecule has 0 aliphatic carbocycles. The van der Waals surface area contributed by atoms with Crippen molar-refractivity contribution in [2.75, 3.05) is 18.4 Å². The Kier molecular flexibility index (Phi) is 5.81. The zero-order chi connectivity index (χ0) is 18.6. The fourth-order valence-electron chi connectivity index (χ4n) is 3.15. The molecule has 1 heterocycles. The molecule has 0 atom stereocenters. The molecule has 1 aromatic carbocycles. The average molecular weight is 341 g/mol. The highest BCUT2D eigenvalue weighted by Crippen LogP contribution is 2.23. The zero-order valence-corrected chi connectivity index (χ0v) is 14.8. The van der Waals surface area contributed by atoms with Crippen LogP contribution >= 0.6 is 0 Å². The van der Waals surface area contributed by atoms with Gasteiger partial charge in [0.05, 0.1) is 5.92 Å². The fraction of sp³-hybridized carbons (Fsp3) is 0.421. The van der Waals surface area contributed by atoms with Crippen LogP contribution in [0.25, 0.3) is 0 Å². The highest BCUT2D eigenvalue weighted by Gasteiger charge is 2.24. The van der Waals surface area contributed by atoms with Crippen molar-refractivity contribution in [3.8, 4) is 6.07 Å². The molecule has 0 bridgehead atoms. The molecular weight excluding hydrogens is 318 g/mol. The molecule has 0 unspecified atom stereocenters. The number of carbonyl (C=O) groups excluding carboxylic acids is 1. The predicted octanol–water partition coefficient (Wildman–Crippen LogP) is 2.75. The van der Waals surface area contributed by atoms with Gasteiger partial charge in [0.15, 0.2) is 0 Å². The Morgan fingerprint density at radius 3 is 2.28 bits per heavy atom. The second-order valence-electron chi connectivity index (χ2n) is 6.53. The number of anilines is 1. The van der Waals surface area contributed by atoms with Gasteiger partial charge in [-0.2, -0.15) is 5.26 Å². The quantitative estimate of drug-likeness (QED) is 0.649. The van der Waals surface area contributed by atoms with Crippen molar-refractivity contribution in [2.24, 2.45) is 5.92 Å². The van der Waals surface area contributed by atoms with Gasteiger partial charge in [-0.3, -0.25) is 9.59 Å². The maximum absolute atomic E-state index is 12.5. The monoisotopic (exact) mass is 341 g/mol. The first-order valence-electron chi connectivity index (χ1n) is 8.29. The van der Waals surface area contributed by atoms with Crippen molar-refractivity contribution < 1.29 is 14.7 Å². The van der Waals surface area contributed by atoms with Crippen LogP contribution in [0.4, 0.5) is 5.69 Å². The minimum Gasteiger partial charge on any atom is -0.481 e. The number of aryl methyl sites for hydroxylation is 3. The van der Waals surface area contributed by atoms with Crippen LogP contribution in [0.3, 0.4) is 0 Å². The second kappa shape index (κ2) is 7.84. The summed E-state index contributed by atoms with van der Waals surface area (Å²) in [7, 11) is 0. The van der Waals surface area contributed by atoms with E-state index in [0.717, 1.165) is 22.4 Å². The maximum Gasteiger partial charge on any atom is 0.306 e. The number of aliphatic carboxylic acids is 1. The van der Waals surface area contributed by atoms with Crippen LogP contribution in [0.1, 0.15) is 29.5 Å². The van der Waals surface area contributed by atoms with E-state index in [-0.39, 0.29) is 11.5 Å². The van der Waals surface area contributed by atoms with Gasteiger partial charge in [-0.05, 0) is 44.7 Å². The van der Waals surface area contributed by atoms with Gasteiger partial charge in [-0.25, -0.2) is 0 Å². The Morgan fingerprint density at radius 2 is 1.80 bits per heavy atom. The number of amides is 1. The molecule has 0 saturated carbocycles. The van der Waals surface area contributed by atoms with Gasteiger partial charge in [0.2, 0.25) is 0 Å². The molecule has 25 heavy (non-hydrogen) atoms. The maximum atomic E-state index is 12.5. The molecule has 1 fully saturated rings. The fourth-order valence-corrected chi connectivity index (χ4v) is 3.15. The third-order valence-electron chi connectivity index (χ3n) is 4.47. The number of nitrogens with zero attached hydrogens (tertiary/aromatic N) is 2. The van der Waals surface area contributed by atoms with Crippen molar-refractivity contribution >= 4 is 17.6 Å². The molecule has 1 aliphatic heterocycles. The standard InChI is InChI=1S/C19H23N3O3/c1-12-8-13(2)17(14(3)9-12)21-18(23)16(10-20)11-22-6-4-15(5-7-22)19(24)25/h8-9,11,15H,4-7H2,1-3H3,(H,21,23)(H,24,25)/b16-11-. The molecule has 0 radical (unpaired) electrons. The lowest BCUT2D eigenvalue weighted by molar-refractivity contribution is -0.143. The molecule has 0 aromatic heterocycles. The Balaban J connectivity index is 2.10. The van der Waals surface area contributed by atoms with Crippen LogP contribution in [0.15, 0.2) is 23.9 Å². The third-order valence-corrected chi connectivity index (χ3v) is 4.47. The molecule has 1 amide bonds. The highest BCUT2D eigenvalue weighted by atomic mass is 16.4. The summed E-state index contributed by atoms with van der Waals surface area (Å²) >= 11 is 0. The summed E-state index contributed by atoms with van der Waals surface area (Å²) in [5.41, 5.74) is 3.76. The summed E-state index contributed by atoms with van der Waals surface area (Å²) in [5, 5.41) is 21.2. The number of likely N-dealkylation sites (tertiary alicyclic amines) is 1. The van der Waals surface area contributed by atoms with E-state index in [1.165, 1.54) is 6.20 Å². The van der Waals surface area contributed by atoms with E-state index >= 15 is 0 Å². The van der Waals surface area contributed by atoms with E-state index < -0.39 is 11.9 Å². The van der Waals surface area contributed by atoms with Crippen molar-refractivity contribution in [3.05, 3.63) is 40.6 Å². The zero-order valence-electron chi connectivity index (χ0n) is 14.8. The Bertz CT molecular complexity index is 731. The number of piperidine rings is 1. The molecule has 132 valence electrons. The Morgan fingerprint density at radius 1 is 1.24 bits per heavy atom. The van der Waals surface area contributed by atoms with E-state index in [0.29, 0.717) is 25.9 Å². The number of nitriles is 1. The van der Waals surface area contributed by atoms with Gasteiger partial charge < -0.3 is 15.3 Å². The first-order valence-corrected chi connectivity index (χ1v) is 8.29. The minimum absolute atomic E-state index is 0.0214. The number of benzene rings is 1. The number of hydrogen-bond acceptors (Lipinski definition) is 4. The van der Waals surface area contributed by atoms with Gasteiger partial charge in [-0.15, -0.1) is 0 Å². The van der Waals surface area contributed by atoms with Gasteiger partial charge in [0.25, 0.3) is 5.91 Å². The summed E-state index contributed by atoms with van der Waals surface area (Å²) in [5.74, 6) is -1.58. The number of hydrogen-bond donors (Lipinski definition) is 2. The van der Waals surface area contributed by atoms with Crippen molar-refractivity contribution in [2.45, 2.75) is 33.6 Å². The largest absolute Gasteiger partial charge is 0.481 e. The van der Waals surface area contributed by atoms with Gasteiger partial charge in [-0.1, -0.05) is 17.7 Å². The van der Waals surface area contributed by atoms with Gasteiger partial charge in [0, 0.05) is 25.0 Å². The smallest absolute Gasteiger partial charge is 0.306 e. The van der Waals surface area contributed by atoms with Crippen LogP contribution in [-0.2, 0) is 9.59 Å². The first-order chi connectivity index (χ1) is 11.8. The second-order valence-corrected chi connectivity index (χ2v) is 6.53. The number of carboxylic acids is 1. The van der Waals surface area contributed by atoms with Gasteiger partial charge >= 0.3 is 5.97 Å². The van der Waals surface area contributed by atoms with Crippen molar-refractivity contribution in [1.29, 1.82) is 5.26 Å². The summed E-state index contributed by atoms with van der Waals surface area (Å²) in [6.07, 6.45) is 2.57. The van der Waals surface area contributed by atoms with Crippen LogP contribution in [0, 0.1) is 38.0 Å². The van der Waals surface area contributed by atoms with Crippen molar-refractivity contribution in [1.82, 2.24) is 4.90 Å². The molecule has 0 spiro atoms. The highest BCUT2D eigenvalue weighted by molar-refractivity contribution is 6.07. The SMILES string of the molecule is Cc1cc(C)c(NC(=O)/C(C#N)=C\N2CCC(C(=O)O)CC2)c(C)c1. The molecule has 1 aromatic rings. The lowest BCUT2D eigenvalue weighted by atomic mass is 9.97. The summed E-state index contributed by atoms with van der Waals surface area (Å²) in [4.78, 5) is 25.3. The van der Waals surface area contributed by atoms with Crippen LogP contribution < -0.4 is 5.32 Å². The van der Waals surface area contributed by atoms with E-state index in [9.17, 15) is 14.9 Å². The summed E-state index contributed by atoms with van der Waals surface area (Å²) < 4.78 is 0. The lowest BCUT2D eigenvalue weighted by Gasteiger charge is -2.29. The topological polar surface area (TPSA) is 93.4 Å². The van der Waals surface area contributed by atoms with Crippen LogP contribution in [0.5, 0.6) is 0 Å². The number of rotatable bonds is 4. The van der Waals surface area contributed by atoms with Crippen LogP contribution in [0.2, 0.25) is 0 Å². The van der Waals surface area contributed by atoms with E-state index in [2.05, 4.69) is 5.32 Å². The number of carboxylic acid groups (broad SMARTS) is 1. The molecule has 2 rings (SSSR count). The molecule has 6 nitrogen and oxygen atoms in total. The molecular formula is C19H23N3O3. The minimum atomic E-state index is -0.785. The molecule has 1 aliphatic rings. The predicted molar refractivity (Wildman–Crippen MR) is 94.9 cm³/mol. The lowest BCUT2D eigenvalue weighted by Crippen LogP contribution is -2.33. The van der Waals surface area contributed by atoms with E-state index in [1.807, 2.05) is 43.9 Å². The average Bonchev–Trinajstić information content (AvgIpc) is 2.56. The van der Waals surface area contributed by atoms with Crippen molar-refractivity contribution in [3.63, 3.8) is 0 Å². The first kappa shape index (κ1) is 18.5. The van der Waals surface area contributed by atoms with Gasteiger partial charge in [0.1, 0.15) is 11.6 Å². The van der Waals surface area contributed by atoms with E-state index in [1.54, 1.807) is 0 Å². The normalized spacial score (nSPS) is 15.6. The molecule has 2 N–H and O–H groups in total.